The fourth-order valence-corrected chi connectivity index (χ4v) is 1.92. The van der Waals surface area contributed by atoms with Crippen molar-refractivity contribution in [1.82, 2.24) is 9.55 Å². The van der Waals surface area contributed by atoms with Crippen molar-refractivity contribution in [3.63, 3.8) is 0 Å². The molecule has 18 heavy (non-hydrogen) atoms. The molecule has 2 aromatic rings. The second-order valence-corrected chi connectivity index (χ2v) is 4.14. The summed E-state index contributed by atoms with van der Waals surface area (Å²) in [6.45, 7) is 1.98. The van der Waals surface area contributed by atoms with Gasteiger partial charge in [-0.1, -0.05) is 12.1 Å². The summed E-state index contributed by atoms with van der Waals surface area (Å²) in [7, 11) is 0. The van der Waals surface area contributed by atoms with Crippen molar-refractivity contribution in [2.45, 2.75) is 18.5 Å². The Kier molecular flexibility index (Phi) is 3.24. The van der Waals surface area contributed by atoms with E-state index in [9.17, 15) is 14.5 Å². The SMILES string of the molecule is Cc1nc([N+](=O)[O-])c([S-])n1Cc1ccc(F)cc1. The quantitative estimate of drug-likeness (QED) is 0.485. The Morgan fingerprint density at radius 3 is 2.56 bits per heavy atom. The van der Waals surface area contributed by atoms with Crippen molar-refractivity contribution in [2.24, 2.45) is 0 Å². The molecule has 0 atom stereocenters. The summed E-state index contributed by atoms with van der Waals surface area (Å²) in [5.74, 6) is -0.175. The van der Waals surface area contributed by atoms with Crippen LogP contribution in [-0.4, -0.2) is 14.5 Å². The summed E-state index contributed by atoms with van der Waals surface area (Å²) in [5.41, 5.74) is 0.804. The lowest BCUT2D eigenvalue weighted by molar-refractivity contribution is -0.392. The molecule has 1 aromatic heterocycles. The van der Waals surface area contributed by atoms with Gasteiger partial charge in [-0.15, -0.1) is 0 Å². The molecule has 1 aromatic carbocycles. The average molecular weight is 266 g/mol. The molecule has 2 rings (SSSR count). The van der Waals surface area contributed by atoms with E-state index in [0.717, 1.165) is 5.56 Å². The molecule has 94 valence electrons. The lowest BCUT2D eigenvalue weighted by Crippen LogP contribution is -2.04. The summed E-state index contributed by atoms with van der Waals surface area (Å²) in [6, 6.07) is 5.88. The number of aryl methyl sites for hydroxylation is 1. The number of halogens is 1. The van der Waals surface area contributed by atoms with E-state index in [2.05, 4.69) is 4.98 Å². The Morgan fingerprint density at radius 1 is 1.44 bits per heavy atom. The maximum absolute atomic E-state index is 12.8. The van der Waals surface area contributed by atoms with Crippen LogP contribution < -0.4 is 0 Å². The van der Waals surface area contributed by atoms with Crippen LogP contribution in [0.15, 0.2) is 29.3 Å². The topological polar surface area (TPSA) is 61.0 Å². The van der Waals surface area contributed by atoms with E-state index >= 15 is 0 Å². The van der Waals surface area contributed by atoms with Gasteiger partial charge in [-0.05, 0) is 32.6 Å². The smallest absolute Gasteiger partial charge is 0.362 e. The Bertz CT molecular complexity index is 595. The molecule has 0 aliphatic carbocycles. The number of hydrogen-bond acceptors (Lipinski definition) is 4. The Morgan fingerprint density at radius 2 is 2.06 bits per heavy atom. The first-order valence-electron chi connectivity index (χ1n) is 5.12. The molecule has 0 radical (unpaired) electrons. The molecule has 0 aliphatic rings. The van der Waals surface area contributed by atoms with Crippen LogP contribution in [0.1, 0.15) is 11.4 Å². The standard InChI is InChI=1S/C11H10FN3O2S/c1-7-13-10(15(16)17)11(18)14(7)6-8-2-4-9(12)5-3-8/h2-5,18H,6H2,1H3/p-1. The number of aromatic nitrogens is 2. The molecule has 7 heteroatoms. The maximum atomic E-state index is 12.8. The highest BCUT2D eigenvalue weighted by Gasteiger charge is 2.17. The number of benzene rings is 1. The van der Waals surface area contributed by atoms with Crippen molar-refractivity contribution in [2.75, 3.05) is 0 Å². The highest BCUT2D eigenvalue weighted by molar-refractivity contribution is 7.58. The van der Waals surface area contributed by atoms with Gasteiger partial charge < -0.3 is 27.3 Å². The van der Waals surface area contributed by atoms with Gasteiger partial charge in [-0.25, -0.2) is 4.39 Å². The van der Waals surface area contributed by atoms with Crippen LogP contribution in [-0.2, 0) is 19.2 Å². The van der Waals surface area contributed by atoms with Crippen LogP contribution in [0.4, 0.5) is 10.2 Å². The minimum Gasteiger partial charge on any atom is -0.754 e. The summed E-state index contributed by atoms with van der Waals surface area (Å²) in [5, 5.41) is 10.8. The Balaban J connectivity index is 2.34. The van der Waals surface area contributed by atoms with Crippen molar-refractivity contribution >= 4 is 18.4 Å². The molecular formula is C11H9FN3O2S-. The van der Waals surface area contributed by atoms with Gasteiger partial charge >= 0.3 is 5.82 Å². The fraction of sp³-hybridized carbons (Fsp3) is 0.182. The van der Waals surface area contributed by atoms with Gasteiger partial charge in [0.05, 0.1) is 0 Å². The molecular weight excluding hydrogens is 257 g/mol. The predicted molar refractivity (Wildman–Crippen MR) is 64.8 cm³/mol. The minimum absolute atomic E-state index is 0.0850. The number of nitro groups is 1. The highest BCUT2D eigenvalue weighted by atomic mass is 32.1. The number of imidazole rings is 1. The van der Waals surface area contributed by atoms with Crippen molar-refractivity contribution in [1.29, 1.82) is 0 Å². The first-order valence-corrected chi connectivity index (χ1v) is 5.53. The minimum atomic E-state index is -0.601. The lowest BCUT2D eigenvalue weighted by atomic mass is 10.2. The van der Waals surface area contributed by atoms with Crippen LogP contribution >= 0.6 is 0 Å². The van der Waals surface area contributed by atoms with Crippen LogP contribution in [0.25, 0.3) is 0 Å². The van der Waals surface area contributed by atoms with Crippen molar-refractivity contribution < 1.29 is 9.31 Å². The lowest BCUT2D eigenvalue weighted by Gasteiger charge is -2.11. The molecule has 0 saturated heterocycles. The third-order valence-corrected chi connectivity index (χ3v) is 2.92. The van der Waals surface area contributed by atoms with Crippen LogP contribution in [0, 0.1) is 22.9 Å². The normalized spacial score (nSPS) is 10.6. The zero-order valence-electron chi connectivity index (χ0n) is 9.46. The van der Waals surface area contributed by atoms with Crippen LogP contribution in [0.5, 0.6) is 0 Å². The van der Waals surface area contributed by atoms with Gasteiger partial charge in [0, 0.05) is 13.5 Å². The molecule has 0 N–H and O–H groups in total. The van der Waals surface area contributed by atoms with E-state index in [4.69, 9.17) is 12.6 Å². The first-order chi connectivity index (χ1) is 8.49. The zero-order valence-corrected chi connectivity index (χ0v) is 10.3. The number of nitrogens with zero attached hydrogens (tertiary/aromatic N) is 3. The Labute approximate surface area is 108 Å². The largest absolute Gasteiger partial charge is 0.754 e. The molecule has 0 spiro atoms. The second-order valence-electron chi connectivity index (χ2n) is 3.76. The van der Waals surface area contributed by atoms with Crippen LogP contribution in [0.2, 0.25) is 0 Å². The van der Waals surface area contributed by atoms with Gasteiger partial charge in [-0.3, -0.25) is 0 Å². The van der Waals surface area contributed by atoms with Crippen molar-refractivity contribution in [3.8, 4) is 0 Å². The molecule has 0 bridgehead atoms. The zero-order chi connectivity index (χ0) is 13.3. The third-order valence-electron chi connectivity index (χ3n) is 2.52. The second kappa shape index (κ2) is 4.69. The molecule has 0 fully saturated rings. The summed E-state index contributed by atoms with van der Waals surface area (Å²) < 4.78 is 14.3. The third kappa shape index (κ3) is 2.30. The van der Waals surface area contributed by atoms with Crippen LogP contribution in [0.3, 0.4) is 0 Å². The van der Waals surface area contributed by atoms with E-state index in [0.29, 0.717) is 12.4 Å². The number of hydrogen-bond donors (Lipinski definition) is 0. The van der Waals surface area contributed by atoms with Crippen molar-refractivity contribution in [3.05, 3.63) is 51.6 Å². The van der Waals surface area contributed by atoms with Gasteiger partial charge in [0.1, 0.15) is 5.82 Å². The van der Waals surface area contributed by atoms with E-state index in [-0.39, 0.29) is 16.7 Å². The predicted octanol–water partition coefficient (Wildman–Crippen LogP) is 2.19. The van der Waals surface area contributed by atoms with E-state index < -0.39 is 4.92 Å². The fourth-order valence-electron chi connectivity index (χ4n) is 1.61. The molecule has 0 aliphatic heterocycles. The van der Waals surface area contributed by atoms with Gasteiger partial charge in [-0.2, -0.15) is 0 Å². The molecule has 0 unspecified atom stereocenters. The monoisotopic (exact) mass is 266 g/mol. The molecule has 0 saturated carbocycles. The summed E-state index contributed by atoms with van der Waals surface area (Å²) in [6.07, 6.45) is 0. The molecule has 1 heterocycles. The van der Waals surface area contributed by atoms with Gasteiger partial charge in [0.25, 0.3) is 0 Å². The highest BCUT2D eigenvalue weighted by Crippen LogP contribution is 2.20. The Hall–Kier alpha value is -2.02. The van der Waals surface area contributed by atoms with Gasteiger partial charge in [0.15, 0.2) is 0 Å². The van der Waals surface area contributed by atoms with E-state index in [1.807, 2.05) is 0 Å². The molecule has 0 amide bonds. The first kappa shape index (κ1) is 12.4. The maximum Gasteiger partial charge on any atom is 0.362 e. The number of rotatable bonds is 3. The van der Waals surface area contributed by atoms with E-state index in [1.54, 1.807) is 23.6 Å². The average Bonchev–Trinajstić information content (AvgIpc) is 2.60. The van der Waals surface area contributed by atoms with E-state index in [1.165, 1.54) is 12.1 Å². The summed E-state index contributed by atoms with van der Waals surface area (Å²) >= 11 is 5.00. The summed E-state index contributed by atoms with van der Waals surface area (Å²) in [4.78, 5) is 13.9. The molecule has 5 nitrogen and oxygen atoms in total. The van der Waals surface area contributed by atoms with Gasteiger partial charge in [0.2, 0.25) is 5.82 Å².